The van der Waals surface area contributed by atoms with E-state index in [1.807, 2.05) is 6.07 Å². The van der Waals surface area contributed by atoms with Gasteiger partial charge in [-0.1, -0.05) is 18.2 Å². The predicted molar refractivity (Wildman–Crippen MR) is 101 cm³/mol. The second-order valence-corrected chi connectivity index (χ2v) is 7.35. The lowest BCUT2D eigenvalue weighted by molar-refractivity contribution is 0.102. The Bertz CT molecular complexity index is 1060. The molecule has 3 rings (SSSR count). The molecule has 2 aromatic carbocycles. The minimum atomic E-state index is -3.90. The van der Waals surface area contributed by atoms with Gasteiger partial charge < -0.3 is 14.6 Å². The van der Waals surface area contributed by atoms with Crippen LogP contribution in [0.25, 0.3) is 0 Å². The molecule has 1 aromatic heterocycles. The zero-order valence-electron chi connectivity index (χ0n) is 14.7. The van der Waals surface area contributed by atoms with Crippen LogP contribution in [0.4, 0.5) is 11.4 Å². The van der Waals surface area contributed by atoms with E-state index >= 15 is 0 Å². The third kappa shape index (κ3) is 4.26. The van der Waals surface area contributed by atoms with E-state index in [1.165, 1.54) is 30.3 Å². The van der Waals surface area contributed by atoms with E-state index in [0.29, 0.717) is 17.0 Å². The molecule has 0 atom stereocenters. The molecule has 0 radical (unpaired) electrons. The van der Waals surface area contributed by atoms with E-state index < -0.39 is 10.0 Å². The molecule has 2 N–H and O–H groups in total. The van der Waals surface area contributed by atoms with Crippen molar-refractivity contribution < 1.29 is 17.9 Å². The summed E-state index contributed by atoms with van der Waals surface area (Å²) < 4.78 is 34.2. The normalized spacial score (nSPS) is 11.0. The maximum absolute atomic E-state index is 12.5. The highest BCUT2D eigenvalue weighted by Crippen LogP contribution is 2.30. The molecule has 0 fully saturated rings. The lowest BCUT2D eigenvalue weighted by atomic mass is 10.2. The number of anilines is 2. The van der Waals surface area contributed by atoms with E-state index in [-0.39, 0.29) is 16.6 Å². The van der Waals surface area contributed by atoms with E-state index in [0.717, 1.165) is 0 Å². The first-order valence-corrected chi connectivity index (χ1v) is 9.42. The highest BCUT2D eigenvalue weighted by molar-refractivity contribution is 7.92. The van der Waals surface area contributed by atoms with Gasteiger partial charge in [0, 0.05) is 24.5 Å². The number of methoxy groups -OCH3 is 1. The molecule has 1 amide bonds. The van der Waals surface area contributed by atoms with Crippen LogP contribution >= 0.6 is 0 Å². The molecule has 0 saturated carbocycles. The molecule has 140 valence electrons. The first kappa shape index (κ1) is 18.5. The summed E-state index contributed by atoms with van der Waals surface area (Å²) in [6.07, 6.45) is 2.78. The van der Waals surface area contributed by atoms with Crippen molar-refractivity contribution in [2.75, 3.05) is 17.1 Å². The number of aryl methyl sites for hydroxylation is 1. The van der Waals surface area contributed by atoms with Crippen LogP contribution in [0.15, 0.2) is 66.1 Å². The number of sulfonamides is 1. The van der Waals surface area contributed by atoms with Crippen LogP contribution in [0.5, 0.6) is 5.75 Å². The van der Waals surface area contributed by atoms with Gasteiger partial charge in [0.25, 0.3) is 15.9 Å². The van der Waals surface area contributed by atoms with Crippen LogP contribution in [-0.4, -0.2) is 31.0 Å². The highest BCUT2D eigenvalue weighted by Gasteiger charge is 2.20. The SMILES string of the molecule is COc1ccc(NC(=O)c2ccccc2)cc1NS(=O)(=O)c1cn(C)cn1. The Hall–Kier alpha value is -3.33. The number of carbonyl (C=O) groups is 1. The Morgan fingerprint density at radius 3 is 2.52 bits per heavy atom. The number of amides is 1. The Kier molecular flexibility index (Phi) is 5.13. The minimum Gasteiger partial charge on any atom is -0.495 e. The standard InChI is InChI=1S/C18H18N4O4S/c1-22-11-17(19-12-22)27(24,25)21-15-10-14(8-9-16(15)26-2)20-18(23)13-6-4-3-5-7-13/h3-12,21H,1-2H3,(H,20,23). The Morgan fingerprint density at radius 1 is 1.15 bits per heavy atom. The van der Waals surface area contributed by atoms with E-state index in [4.69, 9.17) is 4.74 Å². The number of hydrogen-bond acceptors (Lipinski definition) is 5. The van der Waals surface area contributed by atoms with Gasteiger partial charge in [0.15, 0.2) is 5.03 Å². The van der Waals surface area contributed by atoms with E-state index in [2.05, 4.69) is 15.0 Å². The fourth-order valence-corrected chi connectivity index (χ4v) is 3.43. The van der Waals surface area contributed by atoms with E-state index in [1.54, 1.807) is 43.4 Å². The second-order valence-electron chi connectivity index (χ2n) is 5.72. The maximum Gasteiger partial charge on any atom is 0.281 e. The second kappa shape index (κ2) is 7.50. The quantitative estimate of drug-likeness (QED) is 0.678. The molecule has 0 saturated heterocycles. The van der Waals surface area contributed by atoms with Crippen molar-refractivity contribution >= 4 is 27.3 Å². The van der Waals surface area contributed by atoms with Crippen LogP contribution in [0, 0.1) is 0 Å². The van der Waals surface area contributed by atoms with Crippen molar-refractivity contribution in [1.29, 1.82) is 0 Å². The molecule has 1 heterocycles. The van der Waals surface area contributed by atoms with Crippen molar-refractivity contribution in [3.05, 3.63) is 66.6 Å². The van der Waals surface area contributed by atoms with Crippen molar-refractivity contribution in [2.45, 2.75) is 5.03 Å². The van der Waals surface area contributed by atoms with Gasteiger partial charge in [-0.2, -0.15) is 8.42 Å². The number of nitrogens with zero attached hydrogens (tertiary/aromatic N) is 2. The summed E-state index contributed by atoms with van der Waals surface area (Å²) >= 11 is 0. The van der Waals surface area contributed by atoms with Crippen LogP contribution in [-0.2, 0) is 17.1 Å². The lowest BCUT2D eigenvalue weighted by Crippen LogP contribution is -2.15. The number of carbonyl (C=O) groups excluding carboxylic acids is 1. The number of aromatic nitrogens is 2. The van der Waals surface area contributed by atoms with Gasteiger partial charge in [0.2, 0.25) is 0 Å². The van der Waals surface area contributed by atoms with Crippen molar-refractivity contribution in [3.63, 3.8) is 0 Å². The van der Waals surface area contributed by atoms with Crippen molar-refractivity contribution in [1.82, 2.24) is 9.55 Å². The Labute approximate surface area is 156 Å². The van der Waals surface area contributed by atoms with Crippen LogP contribution < -0.4 is 14.8 Å². The van der Waals surface area contributed by atoms with E-state index in [9.17, 15) is 13.2 Å². The highest BCUT2D eigenvalue weighted by atomic mass is 32.2. The van der Waals surface area contributed by atoms with Gasteiger partial charge in [-0.15, -0.1) is 0 Å². The Morgan fingerprint density at radius 2 is 1.89 bits per heavy atom. The molecule has 0 spiro atoms. The molecular formula is C18H18N4O4S. The van der Waals surface area contributed by atoms with Crippen LogP contribution in [0.2, 0.25) is 0 Å². The molecule has 8 nitrogen and oxygen atoms in total. The average Bonchev–Trinajstić information content (AvgIpc) is 3.10. The molecule has 0 aliphatic heterocycles. The number of hydrogen-bond donors (Lipinski definition) is 2. The summed E-state index contributed by atoms with van der Waals surface area (Å²) in [6.45, 7) is 0. The lowest BCUT2D eigenvalue weighted by Gasteiger charge is -2.13. The summed E-state index contributed by atoms with van der Waals surface area (Å²) in [4.78, 5) is 16.1. The maximum atomic E-state index is 12.5. The van der Waals surface area contributed by atoms with Gasteiger partial charge >= 0.3 is 0 Å². The number of imidazole rings is 1. The minimum absolute atomic E-state index is 0.120. The zero-order chi connectivity index (χ0) is 19.4. The van der Waals surface area contributed by atoms with Crippen LogP contribution in [0.1, 0.15) is 10.4 Å². The molecule has 0 aliphatic rings. The zero-order valence-corrected chi connectivity index (χ0v) is 15.5. The molecule has 0 bridgehead atoms. The fraction of sp³-hybridized carbons (Fsp3) is 0.111. The number of nitrogens with one attached hydrogen (secondary N) is 2. The van der Waals surface area contributed by atoms with Gasteiger partial charge in [-0.3, -0.25) is 9.52 Å². The summed E-state index contributed by atoms with van der Waals surface area (Å²) in [5.41, 5.74) is 1.10. The third-order valence-electron chi connectivity index (χ3n) is 3.69. The number of benzene rings is 2. The first-order chi connectivity index (χ1) is 12.9. The average molecular weight is 386 g/mol. The molecular weight excluding hydrogens is 368 g/mol. The summed E-state index contributed by atoms with van der Waals surface area (Å²) in [5, 5.41) is 2.61. The van der Waals surface area contributed by atoms with Crippen molar-refractivity contribution in [2.24, 2.45) is 7.05 Å². The summed E-state index contributed by atoms with van der Waals surface area (Å²) in [5.74, 6) is 0.00603. The fourth-order valence-electron chi connectivity index (χ4n) is 2.38. The third-order valence-corrected chi connectivity index (χ3v) is 4.94. The smallest absolute Gasteiger partial charge is 0.281 e. The molecule has 9 heteroatoms. The number of ether oxygens (including phenoxy) is 1. The van der Waals surface area contributed by atoms with Gasteiger partial charge in [-0.05, 0) is 30.3 Å². The van der Waals surface area contributed by atoms with Crippen LogP contribution in [0.3, 0.4) is 0 Å². The monoisotopic (exact) mass is 386 g/mol. The topological polar surface area (TPSA) is 102 Å². The van der Waals surface area contributed by atoms with Gasteiger partial charge in [-0.25, -0.2) is 4.98 Å². The Balaban J connectivity index is 1.87. The molecule has 3 aromatic rings. The molecule has 27 heavy (non-hydrogen) atoms. The summed E-state index contributed by atoms with van der Waals surface area (Å²) in [6, 6.07) is 13.4. The first-order valence-electron chi connectivity index (χ1n) is 7.94. The largest absolute Gasteiger partial charge is 0.495 e. The van der Waals surface area contributed by atoms with Gasteiger partial charge in [0.05, 0.1) is 19.1 Å². The molecule has 0 aliphatic carbocycles. The molecule has 0 unspecified atom stereocenters. The number of rotatable bonds is 6. The van der Waals surface area contributed by atoms with Gasteiger partial charge in [0.1, 0.15) is 5.75 Å². The van der Waals surface area contributed by atoms with Crippen molar-refractivity contribution in [3.8, 4) is 5.75 Å². The summed E-state index contributed by atoms with van der Waals surface area (Å²) in [7, 11) is -0.797. The predicted octanol–water partition coefficient (Wildman–Crippen LogP) is 2.48.